The SMILES string of the molecule is CCCC[C@H](N)C(=O)N(CCO)C1CCCC1. The van der Waals surface area contributed by atoms with Crippen molar-refractivity contribution in [2.45, 2.75) is 64.0 Å². The van der Waals surface area contributed by atoms with Crippen molar-refractivity contribution >= 4 is 5.91 Å². The first-order chi connectivity index (χ1) is 8.20. The maximum absolute atomic E-state index is 12.2. The van der Waals surface area contributed by atoms with Crippen LogP contribution in [-0.2, 0) is 4.79 Å². The summed E-state index contributed by atoms with van der Waals surface area (Å²) in [5, 5.41) is 9.07. The summed E-state index contributed by atoms with van der Waals surface area (Å²) in [6.07, 6.45) is 7.30. The normalized spacial score (nSPS) is 18.3. The van der Waals surface area contributed by atoms with Gasteiger partial charge in [0, 0.05) is 12.6 Å². The van der Waals surface area contributed by atoms with Crippen LogP contribution >= 0.6 is 0 Å². The molecule has 0 spiro atoms. The van der Waals surface area contributed by atoms with E-state index in [1.807, 2.05) is 4.90 Å². The van der Waals surface area contributed by atoms with Crippen LogP contribution < -0.4 is 5.73 Å². The van der Waals surface area contributed by atoms with Gasteiger partial charge in [-0.3, -0.25) is 4.79 Å². The van der Waals surface area contributed by atoms with Crippen molar-refractivity contribution in [3.8, 4) is 0 Å². The average molecular weight is 242 g/mol. The van der Waals surface area contributed by atoms with Gasteiger partial charge in [-0.2, -0.15) is 0 Å². The summed E-state index contributed by atoms with van der Waals surface area (Å²) in [6.45, 7) is 2.56. The Bertz CT molecular complexity index is 227. The van der Waals surface area contributed by atoms with E-state index in [2.05, 4.69) is 6.92 Å². The number of hydrogen-bond donors (Lipinski definition) is 2. The zero-order chi connectivity index (χ0) is 12.7. The molecule has 17 heavy (non-hydrogen) atoms. The molecule has 3 N–H and O–H groups in total. The van der Waals surface area contributed by atoms with Crippen LogP contribution in [0.25, 0.3) is 0 Å². The Morgan fingerprint density at radius 1 is 1.47 bits per heavy atom. The highest BCUT2D eigenvalue weighted by atomic mass is 16.3. The number of nitrogens with two attached hydrogens (primary N) is 1. The molecule has 0 heterocycles. The zero-order valence-electron chi connectivity index (χ0n) is 10.9. The maximum Gasteiger partial charge on any atom is 0.239 e. The van der Waals surface area contributed by atoms with Crippen LogP contribution in [0.3, 0.4) is 0 Å². The van der Waals surface area contributed by atoms with Gasteiger partial charge in [-0.05, 0) is 19.3 Å². The fourth-order valence-corrected chi connectivity index (χ4v) is 2.56. The summed E-state index contributed by atoms with van der Waals surface area (Å²) < 4.78 is 0. The number of nitrogens with zero attached hydrogens (tertiary/aromatic N) is 1. The van der Waals surface area contributed by atoms with Crippen LogP contribution in [-0.4, -0.2) is 41.1 Å². The highest BCUT2D eigenvalue weighted by molar-refractivity contribution is 5.82. The molecule has 1 rings (SSSR count). The van der Waals surface area contributed by atoms with Crippen LogP contribution in [0, 0.1) is 0 Å². The standard InChI is InChI=1S/C13H26N2O2/c1-2-3-8-12(14)13(17)15(9-10-16)11-6-4-5-7-11/h11-12,16H,2-10,14H2,1H3/t12-/m0/s1. The van der Waals surface area contributed by atoms with E-state index >= 15 is 0 Å². The molecule has 0 saturated heterocycles. The smallest absolute Gasteiger partial charge is 0.239 e. The summed E-state index contributed by atoms with van der Waals surface area (Å²) >= 11 is 0. The number of hydrogen-bond acceptors (Lipinski definition) is 3. The minimum Gasteiger partial charge on any atom is -0.395 e. The third kappa shape index (κ3) is 4.28. The highest BCUT2D eigenvalue weighted by Gasteiger charge is 2.28. The van der Waals surface area contributed by atoms with E-state index in [0.29, 0.717) is 12.6 Å². The van der Waals surface area contributed by atoms with Gasteiger partial charge in [-0.25, -0.2) is 0 Å². The van der Waals surface area contributed by atoms with Crippen molar-refractivity contribution in [3.63, 3.8) is 0 Å². The molecular formula is C13H26N2O2. The molecule has 0 aromatic carbocycles. The van der Waals surface area contributed by atoms with Crippen molar-refractivity contribution in [1.29, 1.82) is 0 Å². The number of unbranched alkanes of at least 4 members (excludes halogenated alkanes) is 1. The monoisotopic (exact) mass is 242 g/mol. The third-order valence-electron chi connectivity index (χ3n) is 3.58. The van der Waals surface area contributed by atoms with Gasteiger partial charge in [0.2, 0.25) is 5.91 Å². The van der Waals surface area contributed by atoms with Crippen molar-refractivity contribution in [2.24, 2.45) is 5.73 Å². The summed E-state index contributed by atoms with van der Waals surface area (Å²) in [5.41, 5.74) is 5.93. The molecule has 0 aromatic rings. The lowest BCUT2D eigenvalue weighted by Gasteiger charge is -2.30. The maximum atomic E-state index is 12.2. The topological polar surface area (TPSA) is 66.6 Å². The lowest BCUT2D eigenvalue weighted by Crippen LogP contribution is -2.49. The first-order valence-corrected chi connectivity index (χ1v) is 6.87. The van der Waals surface area contributed by atoms with Crippen LogP contribution in [0.15, 0.2) is 0 Å². The van der Waals surface area contributed by atoms with E-state index in [4.69, 9.17) is 10.8 Å². The molecule has 4 heteroatoms. The van der Waals surface area contributed by atoms with Crippen molar-refractivity contribution in [3.05, 3.63) is 0 Å². The number of rotatable bonds is 7. The molecule has 1 aliphatic carbocycles. The molecule has 1 fully saturated rings. The lowest BCUT2D eigenvalue weighted by molar-refractivity contribution is -0.135. The van der Waals surface area contributed by atoms with Crippen LogP contribution in [0.1, 0.15) is 51.9 Å². The van der Waals surface area contributed by atoms with Gasteiger partial charge in [0.05, 0.1) is 12.6 Å². The minimum absolute atomic E-state index is 0.0272. The van der Waals surface area contributed by atoms with Gasteiger partial charge < -0.3 is 15.7 Å². The highest BCUT2D eigenvalue weighted by Crippen LogP contribution is 2.24. The number of aliphatic hydroxyl groups excluding tert-OH is 1. The molecule has 0 radical (unpaired) electrons. The molecule has 0 unspecified atom stereocenters. The third-order valence-corrected chi connectivity index (χ3v) is 3.58. The van der Waals surface area contributed by atoms with E-state index < -0.39 is 0 Å². The van der Waals surface area contributed by atoms with Crippen LogP contribution in [0.5, 0.6) is 0 Å². The quantitative estimate of drug-likeness (QED) is 0.706. The molecule has 0 aromatic heterocycles. The number of amides is 1. The first kappa shape index (κ1) is 14.5. The van der Waals surface area contributed by atoms with Gasteiger partial charge in [-0.15, -0.1) is 0 Å². The van der Waals surface area contributed by atoms with Crippen molar-refractivity contribution in [2.75, 3.05) is 13.2 Å². The van der Waals surface area contributed by atoms with Gasteiger partial charge in [-0.1, -0.05) is 32.6 Å². The predicted molar refractivity (Wildman–Crippen MR) is 68.6 cm³/mol. The van der Waals surface area contributed by atoms with E-state index in [1.54, 1.807) is 0 Å². The molecule has 1 aliphatic rings. The molecule has 100 valence electrons. The summed E-state index contributed by atoms with van der Waals surface area (Å²) in [5.74, 6) is 0.0272. The second-order valence-electron chi connectivity index (χ2n) is 4.94. The van der Waals surface area contributed by atoms with Gasteiger partial charge >= 0.3 is 0 Å². The largest absolute Gasteiger partial charge is 0.395 e. The Morgan fingerprint density at radius 2 is 2.12 bits per heavy atom. The second-order valence-corrected chi connectivity index (χ2v) is 4.94. The van der Waals surface area contributed by atoms with Crippen LogP contribution in [0.2, 0.25) is 0 Å². The van der Waals surface area contributed by atoms with Gasteiger partial charge in [0.25, 0.3) is 0 Å². The Kier molecular flexibility index (Phi) is 6.52. The van der Waals surface area contributed by atoms with E-state index in [-0.39, 0.29) is 18.6 Å². The molecule has 1 saturated carbocycles. The minimum atomic E-state index is -0.387. The fourth-order valence-electron chi connectivity index (χ4n) is 2.56. The lowest BCUT2D eigenvalue weighted by atomic mass is 10.1. The van der Waals surface area contributed by atoms with Crippen LogP contribution in [0.4, 0.5) is 0 Å². The Hall–Kier alpha value is -0.610. The molecule has 1 atom stereocenters. The predicted octanol–water partition coefficient (Wildman–Crippen LogP) is 1.27. The molecule has 0 bridgehead atoms. The van der Waals surface area contributed by atoms with E-state index in [9.17, 15) is 4.79 Å². The van der Waals surface area contributed by atoms with E-state index in [1.165, 1.54) is 12.8 Å². The molecule has 0 aliphatic heterocycles. The number of aliphatic hydroxyl groups is 1. The van der Waals surface area contributed by atoms with Gasteiger partial charge in [0.1, 0.15) is 0 Å². The summed E-state index contributed by atoms with van der Waals surface area (Å²) in [7, 11) is 0. The Morgan fingerprint density at radius 3 is 2.65 bits per heavy atom. The molecule has 1 amide bonds. The van der Waals surface area contributed by atoms with E-state index in [0.717, 1.165) is 32.1 Å². The average Bonchev–Trinajstić information content (AvgIpc) is 2.85. The zero-order valence-corrected chi connectivity index (χ0v) is 10.9. The summed E-state index contributed by atoms with van der Waals surface area (Å²) in [4.78, 5) is 14.0. The number of carbonyl (C=O) groups excluding carboxylic acids is 1. The van der Waals surface area contributed by atoms with Crippen molar-refractivity contribution in [1.82, 2.24) is 4.90 Å². The fraction of sp³-hybridized carbons (Fsp3) is 0.923. The summed E-state index contributed by atoms with van der Waals surface area (Å²) in [6, 6.07) is -0.0792. The second kappa shape index (κ2) is 7.67. The first-order valence-electron chi connectivity index (χ1n) is 6.87. The van der Waals surface area contributed by atoms with Gasteiger partial charge in [0.15, 0.2) is 0 Å². The Labute approximate surface area is 104 Å². The number of carbonyl (C=O) groups is 1. The molecule has 4 nitrogen and oxygen atoms in total. The Balaban J connectivity index is 2.52. The molecular weight excluding hydrogens is 216 g/mol. The van der Waals surface area contributed by atoms with Crippen molar-refractivity contribution < 1.29 is 9.90 Å².